The zero-order valence-electron chi connectivity index (χ0n) is 21.7. The summed E-state index contributed by atoms with van der Waals surface area (Å²) < 4.78 is 5.12. The number of hydrogen-bond acceptors (Lipinski definition) is 3. The lowest BCUT2D eigenvalue weighted by Crippen LogP contribution is -2.31. The van der Waals surface area contributed by atoms with E-state index in [1.165, 1.54) is 40.1 Å². The maximum Gasteiger partial charge on any atom is 0.338 e. The molecule has 1 aliphatic carbocycles. The van der Waals surface area contributed by atoms with E-state index in [9.17, 15) is 4.79 Å². The van der Waals surface area contributed by atoms with Gasteiger partial charge in [-0.2, -0.15) is 0 Å². The fourth-order valence-electron chi connectivity index (χ4n) is 6.10. The van der Waals surface area contributed by atoms with Gasteiger partial charge in [0.2, 0.25) is 0 Å². The lowest BCUT2D eigenvalue weighted by atomic mass is 9.72. The Morgan fingerprint density at radius 1 is 0.944 bits per heavy atom. The Bertz CT molecular complexity index is 1400. The van der Waals surface area contributed by atoms with Crippen LogP contribution in [0.15, 0.2) is 78.9 Å². The summed E-state index contributed by atoms with van der Waals surface area (Å²) in [7, 11) is 1.46. The predicted octanol–water partition coefficient (Wildman–Crippen LogP) is 7.29. The molecule has 184 valence electrons. The minimum atomic E-state index is -0.252. The van der Waals surface area contributed by atoms with Crippen molar-refractivity contribution in [2.45, 2.75) is 45.6 Å². The molecular formula is C33H35NO2. The third-order valence-corrected chi connectivity index (χ3v) is 7.99. The van der Waals surface area contributed by atoms with Crippen molar-refractivity contribution in [1.29, 1.82) is 0 Å². The highest BCUT2D eigenvalue weighted by molar-refractivity contribution is 5.93. The van der Waals surface area contributed by atoms with Gasteiger partial charge in [-0.15, -0.1) is 0 Å². The number of aryl methyl sites for hydroxylation is 1. The van der Waals surface area contributed by atoms with Crippen LogP contribution in [-0.2, 0) is 11.2 Å². The topological polar surface area (TPSA) is 38.3 Å². The van der Waals surface area contributed by atoms with Crippen LogP contribution in [0, 0.1) is 19.8 Å². The van der Waals surface area contributed by atoms with Gasteiger partial charge in [0, 0.05) is 12.0 Å². The van der Waals surface area contributed by atoms with Gasteiger partial charge in [0.1, 0.15) is 0 Å². The number of fused-ring (bicyclic) bond motifs is 2. The molecule has 4 aromatic rings. The molecule has 0 aliphatic heterocycles. The van der Waals surface area contributed by atoms with Crippen LogP contribution in [-0.4, -0.2) is 19.6 Å². The van der Waals surface area contributed by atoms with Gasteiger partial charge in [-0.1, -0.05) is 78.9 Å². The molecular weight excluding hydrogens is 442 g/mol. The highest BCUT2D eigenvalue weighted by atomic mass is 16.5. The van der Waals surface area contributed by atoms with Crippen LogP contribution in [0.3, 0.4) is 0 Å². The van der Waals surface area contributed by atoms with E-state index in [-0.39, 0.29) is 17.9 Å². The fourth-order valence-corrected chi connectivity index (χ4v) is 6.10. The Hall–Kier alpha value is -3.43. The second-order valence-corrected chi connectivity index (χ2v) is 10.2. The summed E-state index contributed by atoms with van der Waals surface area (Å²) in [5.41, 5.74) is 8.10. The van der Waals surface area contributed by atoms with Crippen LogP contribution in [0.1, 0.15) is 69.0 Å². The van der Waals surface area contributed by atoms with Gasteiger partial charge in [0.25, 0.3) is 0 Å². The zero-order chi connectivity index (χ0) is 25.2. The van der Waals surface area contributed by atoms with Crippen molar-refractivity contribution < 1.29 is 9.53 Å². The smallest absolute Gasteiger partial charge is 0.338 e. The second kappa shape index (κ2) is 10.3. The maximum absolute atomic E-state index is 12.6. The SMILES string of the molecule is COC(=O)c1c(C)ccc(C2CC(CNC(C)c3cccc4ccccc34)Cc3ccccc32)c1C. The molecule has 3 atom stereocenters. The largest absolute Gasteiger partial charge is 0.465 e. The quantitative estimate of drug-likeness (QED) is 0.296. The normalized spacial score (nSPS) is 18.0. The predicted molar refractivity (Wildman–Crippen MR) is 148 cm³/mol. The van der Waals surface area contributed by atoms with Crippen LogP contribution in [0.5, 0.6) is 0 Å². The summed E-state index contributed by atoms with van der Waals surface area (Å²) >= 11 is 0. The zero-order valence-corrected chi connectivity index (χ0v) is 21.7. The van der Waals surface area contributed by atoms with E-state index in [1.807, 2.05) is 6.92 Å². The highest BCUT2D eigenvalue weighted by Gasteiger charge is 2.30. The van der Waals surface area contributed by atoms with E-state index in [0.717, 1.165) is 30.5 Å². The first-order valence-corrected chi connectivity index (χ1v) is 12.9. The molecule has 0 aromatic heterocycles. The van der Waals surface area contributed by atoms with Crippen LogP contribution >= 0.6 is 0 Å². The molecule has 0 fully saturated rings. The molecule has 0 bridgehead atoms. The van der Waals surface area contributed by atoms with Crippen molar-refractivity contribution in [3.63, 3.8) is 0 Å². The lowest BCUT2D eigenvalue weighted by Gasteiger charge is -2.34. The van der Waals surface area contributed by atoms with Crippen LogP contribution in [0.4, 0.5) is 0 Å². The molecule has 0 saturated carbocycles. The molecule has 0 saturated heterocycles. The van der Waals surface area contributed by atoms with Crippen molar-refractivity contribution in [1.82, 2.24) is 5.32 Å². The Morgan fingerprint density at radius 3 is 2.53 bits per heavy atom. The van der Waals surface area contributed by atoms with Crippen molar-refractivity contribution in [2.24, 2.45) is 5.92 Å². The van der Waals surface area contributed by atoms with Crippen molar-refractivity contribution in [3.05, 3.63) is 118 Å². The Morgan fingerprint density at radius 2 is 1.69 bits per heavy atom. The number of rotatable bonds is 6. The van der Waals surface area contributed by atoms with Crippen molar-refractivity contribution in [2.75, 3.05) is 13.7 Å². The number of carbonyl (C=O) groups excluding carboxylic acids is 1. The molecule has 3 nitrogen and oxygen atoms in total. The highest BCUT2D eigenvalue weighted by Crippen LogP contribution is 2.41. The third-order valence-electron chi connectivity index (χ3n) is 7.99. The van der Waals surface area contributed by atoms with E-state index < -0.39 is 0 Å². The van der Waals surface area contributed by atoms with Crippen LogP contribution in [0.2, 0.25) is 0 Å². The number of carbonyl (C=O) groups is 1. The second-order valence-electron chi connectivity index (χ2n) is 10.2. The minimum Gasteiger partial charge on any atom is -0.465 e. The van der Waals surface area contributed by atoms with Gasteiger partial charge in [-0.25, -0.2) is 4.79 Å². The van der Waals surface area contributed by atoms with Crippen LogP contribution < -0.4 is 5.32 Å². The van der Waals surface area contributed by atoms with Gasteiger partial charge >= 0.3 is 5.97 Å². The molecule has 0 heterocycles. The molecule has 1 N–H and O–H groups in total. The molecule has 5 rings (SSSR count). The molecule has 3 unspecified atom stereocenters. The van der Waals surface area contributed by atoms with E-state index >= 15 is 0 Å². The number of ether oxygens (including phenoxy) is 1. The maximum atomic E-state index is 12.6. The number of hydrogen-bond donors (Lipinski definition) is 1. The van der Waals surface area contributed by atoms with E-state index in [1.54, 1.807) is 0 Å². The number of nitrogens with one attached hydrogen (secondary N) is 1. The number of methoxy groups -OCH3 is 1. The molecule has 1 aliphatic rings. The minimum absolute atomic E-state index is 0.252. The van der Waals surface area contributed by atoms with Crippen molar-refractivity contribution >= 4 is 16.7 Å². The van der Waals surface area contributed by atoms with Crippen molar-refractivity contribution in [3.8, 4) is 0 Å². The van der Waals surface area contributed by atoms with Gasteiger partial charge in [0.05, 0.1) is 12.7 Å². The van der Waals surface area contributed by atoms with Gasteiger partial charge in [0.15, 0.2) is 0 Å². The van der Waals surface area contributed by atoms with Gasteiger partial charge in [-0.3, -0.25) is 0 Å². The molecule has 4 aromatic carbocycles. The average Bonchev–Trinajstić information content (AvgIpc) is 2.91. The number of benzene rings is 4. The first kappa shape index (κ1) is 24.3. The summed E-state index contributed by atoms with van der Waals surface area (Å²) in [5, 5.41) is 6.45. The van der Waals surface area contributed by atoms with E-state index in [0.29, 0.717) is 11.5 Å². The number of esters is 1. The molecule has 0 amide bonds. The summed E-state index contributed by atoms with van der Waals surface area (Å²) in [5.74, 6) is 0.515. The van der Waals surface area contributed by atoms with Crippen LogP contribution in [0.25, 0.3) is 10.8 Å². The Labute approximate surface area is 214 Å². The Kier molecular flexibility index (Phi) is 6.93. The summed E-state index contributed by atoms with van der Waals surface area (Å²) in [6, 6.07) is 28.6. The first-order valence-electron chi connectivity index (χ1n) is 12.9. The molecule has 0 radical (unpaired) electrons. The summed E-state index contributed by atoms with van der Waals surface area (Å²) in [6.07, 6.45) is 2.12. The molecule has 3 heteroatoms. The molecule has 36 heavy (non-hydrogen) atoms. The fraction of sp³-hybridized carbons (Fsp3) is 0.303. The standard InChI is InChI=1S/C33H35NO2/c1-21-16-17-27(22(2)32(21)33(35)36-4)31-19-24(18-26-11-6-8-14-30(26)31)20-34-23(3)28-15-9-12-25-10-5-7-13-29(25)28/h5-17,23-24,31,34H,18-20H2,1-4H3. The van der Waals surface area contributed by atoms with Gasteiger partial charge in [-0.05, 0) is 90.2 Å². The van der Waals surface area contributed by atoms with Gasteiger partial charge < -0.3 is 10.1 Å². The monoisotopic (exact) mass is 477 g/mol. The lowest BCUT2D eigenvalue weighted by molar-refractivity contribution is 0.0599. The van der Waals surface area contributed by atoms with E-state index in [2.05, 4.69) is 98.0 Å². The summed E-state index contributed by atoms with van der Waals surface area (Å²) in [6.45, 7) is 7.27. The first-order chi connectivity index (χ1) is 17.5. The molecule has 0 spiro atoms. The van der Waals surface area contributed by atoms with E-state index in [4.69, 9.17) is 4.74 Å². The Balaban J connectivity index is 1.42. The average molecular weight is 478 g/mol. The third kappa shape index (κ3) is 4.56. The summed E-state index contributed by atoms with van der Waals surface area (Å²) in [4.78, 5) is 12.6.